The Kier molecular flexibility index (Phi) is 13.9. The molecule has 0 fully saturated rings. The van der Waals surface area contributed by atoms with Gasteiger partial charge >= 0.3 is 10.8 Å². The number of nitrogens with two attached hydrogens (primary N) is 1. The zero-order chi connectivity index (χ0) is 15.1. The molecular weight excluding hydrogens is 278 g/mol. The van der Waals surface area contributed by atoms with Gasteiger partial charge in [-0.25, -0.2) is 0 Å². The van der Waals surface area contributed by atoms with Gasteiger partial charge in [0.2, 0.25) is 0 Å². The molecule has 0 amide bonds. The molecule has 1 unspecified atom stereocenters. The van der Waals surface area contributed by atoms with E-state index in [2.05, 4.69) is 21.3 Å². The molecule has 0 aromatic rings. The molecule has 0 spiro atoms. The number of rotatable bonds is 15. The van der Waals surface area contributed by atoms with Gasteiger partial charge in [0.15, 0.2) is 0 Å². The molecule has 1 atom stereocenters. The zero-order valence-corrected chi connectivity index (χ0v) is 13.6. The minimum atomic E-state index is -3.96. The number of hydrogen-bond donors (Lipinski definition) is 1. The molecule has 0 aromatic carbocycles. The van der Waals surface area contributed by atoms with Crippen molar-refractivity contribution < 1.29 is 17.2 Å². The highest BCUT2D eigenvalue weighted by atomic mass is 32.3. The van der Waals surface area contributed by atoms with E-state index in [1.807, 2.05) is 0 Å². The van der Waals surface area contributed by atoms with Gasteiger partial charge in [0.25, 0.3) is 0 Å². The summed E-state index contributed by atoms with van der Waals surface area (Å²) in [6, 6.07) is 0. The third-order valence-corrected chi connectivity index (χ3v) is 4.03. The smallest absolute Gasteiger partial charge is 0.158 e. The standard InChI is InChI=1S/C14H31NO4S/c1-2-3-4-5-6-7-8-9-10-11-12-13-14-18-20(16,17)19-15/h2-15H2,1H3/q+1. The Bertz CT molecular complexity index is 251. The van der Waals surface area contributed by atoms with Crippen LogP contribution >= 0.6 is 0 Å². The molecule has 0 aliphatic rings. The lowest BCUT2D eigenvalue weighted by atomic mass is 10.1. The van der Waals surface area contributed by atoms with Gasteiger partial charge in [-0.2, -0.15) is 5.90 Å². The summed E-state index contributed by atoms with van der Waals surface area (Å²) < 4.78 is 29.7. The molecule has 2 N–H and O–H groups in total. The molecule has 0 aromatic heterocycles. The van der Waals surface area contributed by atoms with Crippen molar-refractivity contribution in [3.8, 4) is 0 Å². The third kappa shape index (κ3) is 14.4. The largest absolute Gasteiger partial charge is 0.564 e. The van der Waals surface area contributed by atoms with E-state index in [1.54, 1.807) is 0 Å². The van der Waals surface area contributed by atoms with Crippen molar-refractivity contribution in [2.75, 3.05) is 6.61 Å². The predicted octanol–water partition coefficient (Wildman–Crippen LogP) is 4.27. The first-order valence-electron chi connectivity index (χ1n) is 7.90. The van der Waals surface area contributed by atoms with Crippen molar-refractivity contribution in [1.29, 1.82) is 0 Å². The Morgan fingerprint density at radius 1 is 0.800 bits per heavy atom. The molecule has 0 aliphatic heterocycles. The molecule has 1 radical (unpaired) electrons. The van der Waals surface area contributed by atoms with Crippen LogP contribution in [0.1, 0.15) is 84.0 Å². The summed E-state index contributed by atoms with van der Waals surface area (Å²) in [5, 5.41) is 0. The average Bonchev–Trinajstić information content (AvgIpc) is 2.44. The molecular formula is C14H31NO4S+. The molecule has 121 valence electrons. The van der Waals surface area contributed by atoms with E-state index in [4.69, 9.17) is 0 Å². The van der Waals surface area contributed by atoms with Crippen LogP contribution in [-0.4, -0.2) is 6.61 Å². The maximum atomic E-state index is 10.7. The maximum absolute atomic E-state index is 10.7. The van der Waals surface area contributed by atoms with Gasteiger partial charge in [0.05, 0.1) is 0 Å². The summed E-state index contributed by atoms with van der Waals surface area (Å²) in [7, 11) is -3.96. The van der Waals surface area contributed by atoms with Crippen molar-refractivity contribution in [3.63, 3.8) is 0 Å². The fourth-order valence-corrected chi connectivity index (χ4v) is 2.51. The third-order valence-electron chi connectivity index (χ3n) is 3.34. The van der Waals surface area contributed by atoms with E-state index >= 15 is 0 Å². The highest BCUT2D eigenvalue weighted by molar-refractivity contribution is 7.88. The van der Waals surface area contributed by atoms with Crippen molar-refractivity contribution in [2.24, 2.45) is 5.90 Å². The summed E-state index contributed by atoms with van der Waals surface area (Å²) in [6.07, 6.45) is 14.8. The lowest BCUT2D eigenvalue weighted by Crippen LogP contribution is -2.20. The van der Waals surface area contributed by atoms with Crippen LogP contribution in [0.4, 0.5) is 0 Å². The maximum Gasteiger partial charge on any atom is 0.564 e. The van der Waals surface area contributed by atoms with Gasteiger partial charge in [0.1, 0.15) is 11.2 Å². The van der Waals surface area contributed by atoms with Crippen molar-refractivity contribution >= 4 is 10.8 Å². The first kappa shape index (κ1) is 20.0. The molecule has 5 nitrogen and oxygen atoms in total. The minimum Gasteiger partial charge on any atom is -0.158 e. The minimum absolute atomic E-state index is 0.150. The Morgan fingerprint density at radius 3 is 1.60 bits per heavy atom. The SMILES string of the molecule is CCCCCCCCCCCCCCO[S+]([O])(=O)ON. The lowest BCUT2D eigenvalue weighted by molar-refractivity contribution is 0.152. The van der Waals surface area contributed by atoms with E-state index in [9.17, 15) is 8.76 Å². The Balaban J connectivity index is 3.08. The molecule has 20 heavy (non-hydrogen) atoms. The molecule has 0 saturated heterocycles. The second kappa shape index (κ2) is 13.9. The Morgan fingerprint density at radius 2 is 1.20 bits per heavy atom. The first-order valence-corrected chi connectivity index (χ1v) is 9.23. The van der Waals surface area contributed by atoms with Gasteiger partial charge in [0, 0.05) is 4.21 Å². The summed E-state index contributed by atoms with van der Waals surface area (Å²) in [5.74, 6) is 4.54. The predicted molar refractivity (Wildman–Crippen MR) is 81.0 cm³/mol. The second-order valence-corrected chi connectivity index (χ2v) is 6.46. The summed E-state index contributed by atoms with van der Waals surface area (Å²) >= 11 is 0. The van der Waals surface area contributed by atoms with Gasteiger partial charge in [-0.1, -0.05) is 77.6 Å². The van der Waals surface area contributed by atoms with Crippen LogP contribution in [0, 0.1) is 0 Å². The van der Waals surface area contributed by atoms with Crippen LogP contribution in [0.15, 0.2) is 0 Å². The molecule has 0 heterocycles. The Labute approximate surface area is 125 Å². The second-order valence-electron chi connectivity index (χ2n) is 5.22. The summed E-state index contributed by atoms with van der Waals surface area (Å²) in [5.41, 5.74) is 0. The highest BCUT2D eigenvalue weighted by Gasteiger charge is 2.31. The van der Waals surface area contributed by atoms with Gasteiger partial charge in [-0.15, -0.1) is 4.18 Å². The fourth-order valence-electron chi connectivity index (χ4n) is 2.13. The monoisotopic (exact) mass is 309 g/mol. The van der Waals surface area contributed by atoms with Crippen LogP contribution in [-0.2, 0) is 28.0 Å². The van der Waals surface area contributed by atoms with Crippen LogP contribution < -0.4 is 5.90 Å². The van der Waals surface area contributed by atoms with Crippen molar-refractivity contribution in [2.45, 2.75) is 84.0 Å². The number of unbranched alkanes of at least 4 members (excludes halogenated alkanes) is 11. The first-order chi connectivity index (χ1) is 9.62. The molecule has 6 heteroatoms. The van der Waals surface area contributed by atoms with E-state index in [0.717, 1.165) is 19.3 Å². The molecule has 0 saturated carbocycles. The van der Waals surface area contributed by atoms with Crippen LogP contribution in [0.2, 0.25) is 0 Å². The van der Waals surface area contributed by atoms with Crippen molar-refractivity contribution in [3.05, 3.63) is 0 Å². The van der Waals surface area contributed by atoms with Crippen LogP contribution in [0.25, 0.3) is 0 Å². The summed E-state index contributed by atoms with van der Waals surface area (Å²) in [6.45, 7) is 2.39. The highest BCUT2D eigenvalue weighted by Crippen LogP contribution is 2.12. The average molecular weight is 309 g/mol. The van der Waals surface area contributed by atoms with E-state index in [1.165, 1.54) is 57.8 Å². The Hall–Kier alpha value is -0.0100. The topological polar surface area (TPSA) is 81.5 Å². The quantitative estimate of drug-likeness (QED) is 0.278. The van der Waals surface area contributed by atoms with E-state index in [-0.39, 0.29) is 6.61 Å². The van der Waals surface area contributed by atoms with E-state index < -0.39 is 10.8 Å². The van der Waals surface area contributed by atoms with Gasteiger partial charge in [-0.05, 0) is 10.7 Å². The lowest BCUT2D eigenvalue weighted by Gasteiger charge is -2.02. The molecule has 0 bridgehead atoms. The van der Waals surface area contributed by atoms with Crippen LogP contribution in [0.3, 0.4) is 0 Å². The normalized spacial score (nSPS) is 14.3. The zero-order valence-electron chi connectivity index (χ0n) is 12.8. The molecule has 0 aliphatic carbocycles. The molecule has 0 rings (SSSR count). The van der Waals surface area contributed by atoms with Crippen LogP contribution in [0.5, 0.6) is 0 Å². The fraction of sp³-hybridized carbons (Fsp3) is 1.00. The summed E-state index contributed by atoms with van der Waals surface area (Å²) in [4.78, 5) is 0. The number of hydrogen-bond acceptors (Lipinski definition) is 4. The van der Waals surface area contributed by atoms with Gasteiger partial charge in [-0.3, -0.25) is 0 Å². The van der Waals surface area contributed by atoms with Crippen molar-refractivity contribution in [1.82, 2.24) is 0 Å². The van der Waals surface area contributed by atoms with E-state index in [0.29, 0.717) is 0 Å². The van der Waals surface area contributed by atoms with Gasteiger partial charge < -0.3 is 0 Å².